The molecule has 0 saturated heterocycles. The van der Waals surface area contributed by atoms with Crippen LogP contribution in [0.2, 0.25) is 0 Å². The molecular weight excluding hydrogens is 190 g/mol. The summed E-state index contributed by atoms with van der Waals surface area (Å²) in [5, 5.41) is 0. The van der Waals surface area contributed by atoms with E-state index < -0.39 is 15.0 Å². The van der Waals surface area contributed by atoms with Gasteiger partial charge in [0.2, 0.25) is 0 Å². The summed E-state index contributed by atoms with van der Waals surface area (Å²) in [5.74, 6) is 0.701. The van der Waals surface area contributed by atoms with Crippen molar-refractivity contribution in [2.24, 2.45) is 0 Å². The molecule has 0 amide bonds. The summed E-state index contributed by atoms with van der Waals surface area (Å²) in [5.41, 5.74) is 0.119. The van der Waals surface area contributed by atoms with Crippen LogP contribution in [0.3, 0.4) is 0 Å². The maximum atomic E-state index is 12.4. The highest BCUT2D eigenvalue weighted by Gasteiger charge is 2.20. The van der Waals surface area contributed by atoms with Gasteiger partial charge in [0.1, 0.15) is 5.75 Å². The summed E-state index contributed by atoms with van der Waals surface area (Å²) in [6.07, 6.45) is 0. The minimum Gasteiger partial charge on any atom is -0.497 e. The Morgan fingerprint density at radius 3 is 2.15 bits per heavy atom. The van der Waals surface area contributed by atoms with Crippen LogP contribution >= 0.6 is 0 Å². The lowest BCUT2D eigenvalue weighted by molar-refractivity contribution is 0.414. The van der Waals surface area contributed by atoms with Crippen molar-refractivity contribution >= 4 is 9.46 Å². The molecule has 13 heavy (non-hydrogen) atoms. The smallest absolute Gasteiger partial charge is 0.418 e. The summed E-state index contributed by atoms with van der Waals surface area (Å²) >= 11 is 0. The van der Waals surface area contributed by atoms with E-state index in [-0.39, 0.29) is 0 Å². The van der Waals surface area contributed by atoms with Gasteiger partial charge in [-0.1, -0.05) is 19.1 Å². The van der Waals surface area contributed by atoms with Gasteiger partial charge in [-0.05, 0) is 17.7 Å². The van der Waals surface area contributed by atoms with E-state index in [1.807, 2.05) is 0 Å². The van der Waals surface area contributed by atoms with Crippen LogP contribution in [0.4, 0.5) is 8.22 Å². The number of methoxy groups -OCH3 is 1. The molecule has 0 N–H and O–H groups in total. The average molecular weight is 202 g/mol. The normalized spacial score (nSPS) is 13.0. The fraction of sp³-hybridized carbons (Fsp3) is 0.333. The maximum absolute atomic E-state index is 12.4. The van der Waals surface area contributed by atoms with Crippen LogP contribution < -0.4 is 4.74 Å². The lowest BCUT2D eigenvalue weighted by Crippen LogP contribution is -2.09. The molecule has 1 aromatic rings. The van der Waals surface area contributed by atoms with Crippen LogP contribution in [-0.2, 0) is 0 Å². The third-order valence-electron chi connectivity index (χ3n) is 2.02. The van der Waals surface area contributed by atoms with Crippen molar-refractivity contribution in [1.29, 1.82) is 0 Å². The first kappa shape index (κ1) is 10.2. The van der Waals surface area contributed by atoms with Gasteiger partial charge in [-0.25, -0.2) is 0 Å². The van der Waals surface area contributed by atoms with Crippen LogP contribution in [0.5, 0.6) is 5.75 Å². The Labute approximate surface area is 78.3 Å². The topological polar surface area (TPSA) is 9.23 Å². The van der Waals surface area contributed by atoms with Crippen LogP contribution in [0.25, 0.3) is 0 Å². The summed E-state index contributed by atoms with van der Waals surface area (Å²) in [4.78, 5) is 0. The molecule has 72 valence electrons. The number of halogens is 2. The van der Waals surface area contributed by atoms with E-state index in [9.17, 15) is 8.22 Å². The predicted molar refractivity (Wildman–Crippen MR) is 50.8 cm³/mol. The third-order valence-corrected chi connectivity index (χ3v) is 3.16. The van der Waals surface area contributed by atoms with E-state index in [2.05, 4.69) is 0 Å². The first-order chi connectivity index (χ1) is 6.15. The summed E-state index contributed by atoms with van der Waals surface area (Å²) in [6.45, 7) is 1.57. The Kier molecular flexibility index (Phi) is 3.42. The standard InChI is InChI=1S/C9H12F2OSi/c1-7(13(10)11)8-3-5-9(12-2)6-4-8/h3-7,13H,1-2H3. The van der Waals surface area contributed by atoms with E-state index in [4.69, 9.17) is 4.74 Å². The monoisotopic (exact) mass is 202 g/mol. The molecule has 1 nitrogen and oxygen atoms in total. The Bertz CT molecular complexity index is 261. The molecular formula is C9H12F2OSi. The first-order valence-corrected chi connectivity index (χ1v) is 5.61. The van der Waals surface area contributed by atoms with Crippen LogP contribution in [0.15, 0.2) is 24.3 Å². The molecule has 0 aliphatic heterocycles. The van der Waals surface area contributed by atoms with Crippen molar-refractivity contribution in [1.82, 2.24) is 0 Å². The van der Waals surface area contributed by atoms with E-state index >= 15 is 0 Å². The summed E-state index contributed by atoms with van der Waals surface area (Å²) < 4.78 is 29.7. The van der Waals surface area contributed by atoms with Gasteiger partial charge >= 0.3 is 9.46 Å². The molecule has 0 bridgehead atoms. The molecule has 1 rings (SSSR count). The van der Waals surface area contributed by atoms with Crippen molar-refractivity contribution in [3.63, 3.8) is 0 Å². The van der Waals surface area contributed by atoms with Crippen molar-refractivity contribution in [2.75, 3.05) is 7.11 Å². The molecule has 4 heteroatoms. The second kappa shape index (κ2) is 4.37. The third kappa shape index (κ3) is 2.52. The lowest BCUT2D eigenvalue weighted by Gasteiger charge is -2.09. The largest absolute Gasteiger partial charge is 0.497 e. The fourth-order valence-corrected chi connectivity index (χ4v) is 1.57. The van der Waals surface area contributed by atoms with E-state index in [0.717, 1.165) is 0 Å². The van der Waals surface area contributed by atoms with E-state index in [0.29, 0.717) is 11.3 Å². The Morgan fingerprint density at radius 2 is 1.77 bits per heavy atom. The number of hydrogen-bond acceptors (Lipinski definition) is 1. The fourth-order valence-electron chi connectivity index (χ4n) is 1.05. The molecule has 0 spiro atoms. The second-order valence-corrected chi connectivity index (χ2v) is 4.57. The molecule has 1 unspecified atom stereocenters. The van der Waals surface area contributed by atoms with E-state index in [1.54, 1.807) is 38.3 Å². The SMILES string of the molecule is COc1ccc(C(C)[SiH](F)F)cc1. The van der Waals surface area contributed by atoms with Crippen LogP contribution in [0.1, 0.15) is 18.0 Å². The highest BCUT2D eigenvalue weighted by atomic mass is 28.4. The van der Waals surface area contributed by atoms with E-state index in [1.165, 1.54) is 0 Å². The summed E-state index contributed by atoms with van der Waals surface area (Å²) in [7, 11) is -2.00. The Morgan fingerprint density at radius 1 is 1.23 bits per heavy atom. The van der Waals surface area contributed by atoms with Gasteiger partial charge < -0.3 is 4.74 Å². The zero-order valence-electron chi connectivity index (χ0n) is 7.63. The lowest BCUT2D eigenvalue weighted by atomic mass is 10.1. The molecule has 0 aliphatic carbocycles. The average Bonchev–Trinajstić information content (AvgIpc) is 2.17. The highest BCUT2D eigenvalue weighted by molar-refractivity contribution is 6.44. The Balaban J connectivity index is 2.79. The van der Waals surface area contributed by atoms with Gasteiger partial charge in [0.25, 0.3) is 0 Å². The first-order valence-electron chi connectivity index (χ1n) is 4.07. The van der Waals surface area contributed by atoms with Crippen molar-refractivity contribution in [2.45, 2.75) is 12.5 Å². The van der Waals surface area contributed by atoms with Crippen LogP contribution in [0, 0.1) is 0 Å². The Hall–Kier alpha value is -0.903. The molecule has 0 heterocycles. The number of benzene rings is 1. The second-order valence-electron chi connectivity index (χ2n) is 2.90. The predicted octanol–water partition coefficient (Wildman–Crippen LogP) is 2.50. The van der Waals surface area contributed by atoms with Gasteiger partial charge in [0, 0.05) is 5.54 Å². The van der Waals surface area contributed by atoms with Crippen LogP contribution in [-0.4, -0.2) is 16.6 Å². The zero-order valence-corrected chi connectivity index (χ0v) is 8.78. The highest BCUT2D eigenvalue weighted by Crippen LogP contribution is 2.22. The minimum atomic E-state index is -3.56. The number of rotatable bonds is 3. The molecule has 0 fully saturated rings. The molecule has 0 aromatic heterocycles. The van der Waals surface area contributed by atoms with Crippen molar-refractivity contribution in [3.05, 3.63) is 29.8 Å². The minimum absolute atomic E-state index is 0.578. The number of hydrogen-bond donors (Lipinski definition) is 0. The van der Waals surface area contributed by atoms with Gasteiger partial charge in [0.15, 0.2) is 0 Å². The molecule has 0 saturated carbocycles. The quantitative estimate of drug-likeness (QED) is 0.540. The van der Waals surface area contributed by atoms with Crippen molar-refractivity contribution < 1.29 is 13.0 Å². The van der Waals surface area contributed by atoms with Gasteiger partial charge in [-0.2, -0.15) is 0 Å². The van der Waals surface area contributed by atoms with Gasteiger partial charge in [-0.15, -0.1) is 0 Å². The molecule has 0 radical (unpaired) electrons. The molecule has 0 aliphatic rings. The number of ether oxygens (including phenoxy) is 1. The zero-order chi connectivity index (χ0) is 9.84. The summed E-state index contributed by atoms with van der Waals surface area (Å²) in [6, 6.07) is 6.82. The maximum Gasteiger partial charge on any atom is 0.418 e. The van der Waals surface area contributed by atoms with Gasteiger partial charge in [-0.3, -0.25) is 8.22 Å². The van der Waals surface area contributed by atoms with Crippen molar-refractivity contribution in [3.8, 4) is 5.75 Å². The molecule has 1 atom stereocenters. The van der Waals surface area contributed by atoms with Gasteiger partial charge in [0.05, 0.1) is 7.11 Å². The molecule has 1 aromatic carbocycles.